The van der Waals surface area contributed by atoms with Gasteiger partial charge in [-0.05, 0) is 13.0 Å². The number of carbonyl (C=O) groups is 1. The molecule has 0 bridgehead atoms. The molecule has 1 aromatic carbocycles. The molecule has 1 amide bonds. The van der Waals surface area contributed by atoms with Crippen molar-refractivity contribution in [2.75, 3.05) is 19.5 Å². The number of amides is 1. The fourth-order valence-electron chi connectivity index (χ4n) is 2.00. The Balaban J connectivity index is 2.16. The Morgan fingerprint density at radius 3 is 2.75 bits per heavy atom. The van der Waals surface area contributed by atoms with E-state index in [1.807, 2.05) is 24.4 Å². The molecule has 0 aliphatic heterocycles. The first-order chi connectivity index (χ1) is 9.65. The molecule has 0 saturated carbocycles. The van der Waals surface area contributed by atoms with Gasteiger partial charge in [-0.15, -0.1) is 11.3 Å². The Morgan fingerprint density at radius 2 is 2.15 bits per heavy atom. The first kappa shape index (κ1) is 14.3. The van der Waals surface area contributed by atoms with Crippen molar-refractivity contribution in [2.45, 2.75) is 13.3 Å². The molecule has 0 atom stereocenters. The highest BCUT2D eigenvalue weighted by Gasteiger charge is 2.14. The van der Waals surface area contributed by atoms with Gasteiger partial charge < -0.3 is 14.8 Å². The average molecular weight is 292 g/mol. The molecule has 0 spiro atoms. The third-order valence-electron chi connectivity index (χ3n) is 2.89. The molecular formula is C14H16N2O3S. The maximum Gasteiger partial charge on any atom is 0.230 e. The van der Waals surface area contributed by atoms with E-state index in [1.54, 1.807) is 20.4 Å². The lowest BCUT2D eigenvalue weighted by atomic mass is 10.1. The number of anilines is 1. The number of aromatic nitrogens is 1. The molecule has 0 aliphatic carbocycles. The van der Waals surface area contributed by atoms with Crippen molar-refractivity contribution in [3.63, 3.8) is 0 Å². The third kappa shape index (κ3) is 3.08. The Bertz CT molecular complexity index is 597. The summed E-state index contributed by atoms with van der Waals surface area (Å²) in [4.78, 5) is 16.0. The molecule has 2 rings (SSSR count). The third-order valence-corrected chi connectivity index (χ3v) is 3.58. The van der Waals surface area contributed by atoms with Gasteiger partial charge in [-0.1, -0.05) is 6.07 Å². The van der Waals surface area contributed by atoms with Crippen molar-refractivity contribution in [2.24, 2.45) is 0 Å². The van der Waals surface area contributed by atoms with Gasteiger partial charge in [-0.3, -0.25) is 4.79 Å². The summed E-state index contributed by atoms with van der Waals surface area (Å²) in [6.45, 7) is 1.90. The van der Waals surface area contributed by atoms with Crippen LogP contribution in [0.25, 0.3) is 0 Å². The molecule has 0 unspecified atom stereocenters. The zero-order valence-electron chi connectivity index (χ0n) is 11.6. The van der Waals surface area contributed by atoms with Gasteiger partial charge in [-0.25, -0.2) is 4.98 Å². The number of hydrogen-bond acceptors (Lipinski definition) is 5. The van der Waals surface area contributed by atoms with Gasteiger partial charge in [-0.2, -0.15) is 0 Å². The van der Waals surface area contributed by atoms with Gasteiger partial charge in [0.05, 0.1) is 20.6 Å². The lowest BCUT2D eigenvalue weighted by Gasteiger charge is -2.14. The molecule has 106 valence electrons. The van der Waals surface area contributed by atoms with E-state index in [9.17, 15) is 4.79 Å². The monoisotopic (exact) mass is 292 g/mol. The zero-order chi connectivity index (χ0) is 14.5. The predicted octanol–water partition coefficient (Wildman–Crippen LogP) is 2.65. The van der Waals surface area contributed by atoms with E-state index >= 15 is 0 Å². The summed E-state index contributed by atoms with van der Waals surface area (Å²) in [7, 11) is 3.20. The van der Waals surface area contributed by atoms with Crippen LogP contribution in [0.4, 0.5) is 5.13 Å². The van der Waals surface area contributed by atoms with Gasteiger partial charge in [0.1, 0.15) is 11.5 Å². The number of rotatable bonds is 5. The highest BCUT2D eigenvalue weighted by Crippen LogP contribution is 2.31. The quantitative estimate of drug-likeness (QED) is 0.920. The van der Waals surface area contributed by atoms with Crippen LogP contribution in [-0.4, -0.2) is 25.1 Å². The summed E-state index contributed by atoms with van der Waals surface area (Å²) in [5.74, 6) is 1.30. The lowest BCUT2D eigenvalue weighted by molar-refractivity contribution is -0.115. The van der Waals surface area contributed by atoms with E-state index in [0.717, 1.165) is 16.9 Å². The Labute approximate surface area is 121 Å². The van der Waals surface area contributed by atoms with Crippen LogP contribution in [-0.2, 0) is 11.2 Å². The van der Waals surface area contributed by atoms with E-state index < -0.39 is 0 Å². The second kappa shape index (κ2) is 6.38. The molecule has 5 nitrogen and oxygen atoms in total. The molecule has 6 heteroatoms. The lowest BCUT2D eigenvalue weighted by Crippen LogP contribution is -2.15. The predicted molar refractivity (Wildman–Crippen MR) is 78.7 cm³/mol. The standard InChI is InChI=1S/C14H16N2O3S/c1-9-11(18-2)5-4-10(13(9)19-3)8-12(17)16-14-15-6-7-20-14/h4-7H,8H2,1-3H3,(H,15,16,17). The minimum absolute atomic E-state index is 0.122. The fraction of sp³-hybridized carbons (Fsp3) is 0.286. The maximum absolute atomic E-state index is 12.0. The summed E-state index contributed by atoms with van der Waals surface area (Å²) in [5.41, 5.74) is 1.70. The molecule has 0 aliphatic rings. The SMILES string of the molecule is COc1ccc(CC(=O)Nc2nccs2)c(OC)c1C. The highest BCUT2D eigenvalue weighted by atomic mass is 32.1. The van der Waals surface area contributed by atoms with Crippen molar-refractivity contribution < 1.29 is 14.3 Å². The minimum Gasteiger partial charge on any atom is -0.496 e. The van der Waals surface area contributed by atoms with E-state index in [4.69, 9.17) is 9.47 Å². The smallest absolute Gasteiger partial charge is 0.230 e. The van der Waals surface area contributed by atoms with Crippen LogP contribution in [0.2, 0.25) is 0 Å². The van der Waals surface area contributed by atoms with Crippen LogP contribution in [0.1, 0.15) is 11.1 Å². The molecule has 1 N–H and O–H groups in total. The summed E-state index contributed by atoms with van der Waals surface area (Å²) in [6, 6.07) is 3.68. The van der Waals surface area contributed by atoms with E-state index in [-0.39, 0.29) is 12.3 Å². The largest absolute Gasteiger partial charge is 0.496 e. The van der Waals surface area contributed by atoms with Crippen LogP contribution in [0.15, 0.2) is 23.7 Å². The van der Waals surface area contributed by atoms with Crippen molar-refractivity contribution in [3.05, 3.63) is 34.8 Å². The van der Waals surface area contributed by atoms with Crippen molar-refractivity contribution in [1.29, 1.82) is 0 Å². The van der Waals surface area contributed by atoms with Crippen LogP contribution < -0.4 is 14.8 Å². The number of benzene rings is 1. The van der Waals surface area contributed by atoms with Gasteiger partial charge in [0.2, 0.25) is 5.91 Å². The van der Waals surface area contributed by atoms with Gasteiger partial charge in [0.25, 0.3) is 0 Å². The average Bonchev–Trinajstić information content (AvgIpc) is 2.92. The number of methoxy groups -OCH3 is 2. The number of nitrogens with one attached hydrogen (secondary N) is 1. The molecule has 0 saturated heterocycles. The number of thiazole rings is 1. The maximum atomic E-state index is 12.0. The highest BCUT2D eigenvalue weighted by molar-refractivity contribution is 7.13. The van der Waals surface area contributed by atoms with Gasteiger partial charge >= 0.3 is 0 Å². The molecule has 0 radical (unpaired) electrons. The number of hydrogen-bond donors (Lipinski definition) is 1. The number of nitrogens with zero attached hydrogens (tertiary/aromatic N) is 1. The van der Waals surface area contributed by atoms with Crippen LogP contribution >= 0.6 is 11.3 Å². The normalized spacial score (nSPS) is 10.2. The van der Waals surface area contributed by atoms with Crippen LogP contribution in [0.5, 0.6) is 11.5 Å². The molecule has 1 aromatic heterocycles. The van der Waals surface area contributed by atoms with E-state index in [1.165, 1.54) is 11.3 Å². The Kier molecular flexibility index (Phi) is 4.57. The summed E-state index contributed by atoms with van der Waals surface area (Å²) >= 11 is 1.39. The zero-order valence-corrected chi connectivity index (χ0v) is 12.4. The Hall–Kier alpha value is -2.08. The van der Waals surface area contributed by atoms with Crippen LogP contribution in [0, 0.1) is 6.92 Å². The Morgan fingerprint density at radius 1 is 1.35 bits per heavy atom. The molecule has 0 fully saturated rings. The summed E-state index contributed by atoms with van der Waals surface area (Å²) < 4.78 is 10.6. The topological polar surface area (TPSA) is 60.5 Å². The molecule has 2 aromatic rings. The van der Waals surface area contributed by atoms with Crippen molar-refractivity contribution in [1.82, 2.24) is 4.98 Å². The molecule has 20 heavy (non-hydrogen) atoms. The molecule has 1 heterocycles. The fourth-order valence-corrected chi connectivity index (χ4v) is 2.54. The van der Waals surface area contributed by atoms with Gasteiger partial charge in [0, 0.05) is 22.7 Å². The second-order valence-electron chi connectivity index (χ2n) is 4.15. The van der Waals surface area contributed by atoms with E-state index in [2.05, 4.69) is 10.3 Å². The number of ether oxygens (including phenoxy) is 2. The van der Waals surface area contributed by atoms with Gasteiger partial charge in [0.15, 0.2) is 5.13 Å². The summed E-state index contributed by atoms with van der Waals surface area (Å²) in [6.07, 6.45) is 1.88. The first-order valence-corrected chi connectivity index (χ1v) is 6.93. The first-order valence-electron chi connectivity index (χ1n) is 6.05. The van der Waals surface area contributed by atoms with Crippen molar-refractivity contribution >= 4 is 22.4 Å². The second-order valence-corrected chi connectivity index (χ2v) is 5.04. The van der Waals surface area contributed by atoms with Crippen LogP contribution in [0.3, 0.4) is 0 Å². The summed E-state index contributed by atoms with van der Waals surface area (Å²) in [5, 5.41) is 5.16. The van der Waals surface area contributed by atoms with E-state index in [0.29, 0.717) is 10.9 Å². The molecular weight excluding hydrogens is 276 g/mol. The number of carbonyl (C=O) groups excluding carboxylic acids is 1. The van der Waals surface area contributed by atoms with Crippen molar-refractivity contribution in [3.8, 4) is 11.5 Å². The minimum atomic E-state index is -0.122.